The van der Waals surface area contributed by atoms with E-state index in [0.717, 1.165) is 34.7 Å². The predicted octanol–water partition coefficient (Wildman–Crippen LogP) is 4.55. The largest absolute Gasteiger partial charge is 0.467 e. The maximum atomic E-state index is 13.1. The first kappa shape index (κ1) is 20.4. The van der Waals surface area contributed by atoms with Crippen molar-refractivity contribution >= 4 is 28.3 Å². The van der Waals surface area contributed by atoms with Gasteiger partial charge in [-0.25, -0.2) is 4.79 Å². The van der Waals surface area contributed by atoms with Crippen LogP contribution in [0.2, 0.25) is 0 Å². The highest BCUT2D eigenvalue weighted by molar-refractivity contribution is 6.07. The van der Waals surface area contributed by atoms with Gasteiger partial charge >= 0.3 is 5.97 Å². The van der Waals surface area contributed by atoms with Gasteiger partial charge in [0.15, 0.2) is 0 Å². The van der Waals surface area contributed by atoms with Crippen LogP contribution in [0.15, 0.2) is 60.7 Å². The molecule has 3 rings (SSSR count). The molecule has 0 saturated carbocycles. The standard InChI is InChI=1S/C24H26N2O3/c1-3-4-12-22(24(28)29-2)26-23(27)20-14-13-17(25)15-21(20)19-11-7-9-16-8-5-6-10-18(16)19/h5-11,13-15,22H,3-4,12,25H2,1-2H3,(H,26,27). The van der Waals surface area contributed by atoms with E-state index in [1.165, 1.54) is 7.11 Å². The number of esters is 1. The van der Waals surface area contributed by atoms with Crippen LogP contribution in [-0.2, 0) is 9.53 Å². The summed E-state index contributed by atoms with van der Waals surface area (Å²) in [6.07, 6.45) is 2.28. The maximum absolute atomic E-state index is 13.1. The van der Waals surface area contributed by atoms with E-state index in [2.05, 4.69) is 5.32 Å². The van der Waals surface area contributed by atoms with Crippen molar-refractivity contribution in [3.05, 3.63) is 66.2 Å². The minimum Gasteiger partial charge on any atom is -0.467 e. The van der Waals surface area contributed by atoms with Gasteiger partial charge < -0.3 is 15.8 Å². The number of unbranched alkanes of at least 4 members (excludes halogenated alkanes) is 1. The summed E-state index contributed by atoms with van der Waals surface area (Å²) < 4.78 is 4.86. The number of ether oxygens (including phenoxy) is 1. The molecule has 0 radical (unpaired) electrons. The molecule has 0 aliphatic rings. The van der Waals surface area contributed by atoms with Crippen molar-refractivity contribution in [1.29, 1.82) is 0 Å². The smallest absolute Gasteiger partial charge is 0.328 e. The second kappa shape index (κ2) is 9.24. The third-order valence-electron chi connectivity index (χ3n) is 5.01. The summed E-state index contributed by atoms with van der Waals surface area (Å²) in [5.41, 5.74) is 8.74. The molecule has 0 fully saturated rings. The topological polar surface area (TPSA) is 81.4 Å². The Morgan fingerprint density at radius 3 is 2.55 bits per heavy atom. The van der Waals surface area contributed by atoms with Gasteiger partial charge in [-0.05, 0) is 46.5 Å². The van der Waals surface area contributed by atoms with E-state index >= 15 is 0 Å². The molecule has 1 atom stereocenters. The highest BCUT2D eigenvalue weighted by Gasteiger charge is 2.23. The predicted molar refractivity (Wildman–Crippen MR) is 117 cm³/mol. The lowest BCUT2D eigenvalue weighted by atomic mass is 9.93. The third kappa shape index (κ3) is 4.57. The summed E-state index contributed by atoms with van der Waals surface area (Å²) in [4.78, 5) is 25.2. The molecule has 1 unspecified atom stereocenters. The number of benzene rings is 3. The molecule has 0 heterocycles. The van der Waals surface area contributed by atoms with E-state index in [1.807, 2.05) is 49.4 Å². The number of methoxy groups -OCH3 is 1. The molecule has 3 N–H and O–H groups in total. The van der Waals surface area contributed by atoms with E-state index in [-0.39, 0.29) is 5.91 Å². The number of nitrogens with one attached hydrogen (secondary N) is 1. The molecule has 150 valence electrons. The number of hydrogen-bond donors (Lipinski definition) is 2. The number of fused-ring (bicyclic) bond motifs is 1. The molecule has 0 spiro atoms. The zero-order valence-electron chi connectivity index (χ0n) is 16.8. The number of rotatable bonds is 7. The third-order valence-corrected chi connectivity index (χ3v) is 5.01. The fourth-order valence-electron chi connectivity index (χ4n) is 3.48. The van der Waals surface area contributed by atoms with E-state index < -0.39 is 12.0 Å². The molecule has 5 nitrogen and oxygen atoms in total. The van der Waals surface area contributed by atoms with E-state index in [0.29, 0.717) is 17.7 Å². The number of carbonyl (C=O) groups excluding carboxylic acids is 2. The molecule has 1 amide bonds. The van der Waals surface area contributed by atoms with Crippen molar-refractivity contribution < 1.29 is 14.3 Å². The molecule has 3 aromatic carbocycles. The lowest BCUT2D eigenvalue weighted by molar-refractivity contribution is -0.143. The zero-order chi connectivity index (χ0) is 20.8. The summed E-state index contributed by atoms with van der Waals surface area (Å²) in [6, 6.07) is 18.5. The normalized spacial score (nSPS) is 11.8. The Kier molecular flexibility index (Phi) is 6.50. The molecule has 0 bridgehead atoms. The molecule has 29 heavy (non-hydrogen) atoms. The quantitative estimate of drug-likeness (QED) is 0.458. The van der Waals surface area contributed by atoms with Gasteiger partial charge in [-0.15, -0.1) is 0 Å². The lowest BCUT2D eigenvalue weighted by Crippen LogP contribution is -2.41. The Morgan fingerprint density at radius 1 is 1.03 bits per heavy atom. The molecule has 0 aromatic heterocycles. The van der Waals surface area contributed by atoms with Gasteiger partial charge in [0.1, 0.15) is 6.04 Å². The summed E-state index contributed by atoms with van der Waals surface area (Å²) >= 11 is 0. The average Bonchev–Trinajstić information content (AvgIpc) is 2.75. The second-order valence-corrected chi connectivity index (χ2v) is 7.02. The molecule has 0 aliphatic heterocycles. The highest BCUT2D eigenvalue weighted by atomic mass is 16.5. The van der Waals surface area contributed by atoms with Crippen molar-refractivity contribution in [2.75, 3.05) is 12.8 Å². The molecule has 5 heteroatoms. The number of amides is 1. The molecule has 0 aliphatic carbocycles. The van der Waals surface area contributed by atoms with Crippen molar-refractivity contribution in [2.45, 2.75) is 32.2 Å². The van der Waals surface area contributed by atoms with Crippen LogP contribution in [0.4, 0.5) is 5.69 Å². The summed E-state index contributed by atoms with van der Waals surface area (Å²) in [7, 11) is 1.33. The zero-order valence-corrected chi connectivity index (χ0v) is 16.8. The molecular formula is C24H26N2O3. The summed E-state index contributed by atoms with van der Waals surface area (Å²) in [5, 5.41) is 4.95. The van der Waals surface area contributed by atoms with Crippen molar-refractivity contribution in [2.24, 2.45) is 0 Å². The Labute approximate surface area is 170 Å². The van der Waals surface area contributed by atoms with Gasteiger partial charge in [0.05, 0.1) is 7.11 Å². The van der Waals surface area contributed by atoms with Crippen LogP contribution in [0.1, 0.15) is 36.5 Å². The minimum atomic E-state index is -0.676. The lowest BCUT2D eigenvalue weighted by Gasteiger charge is -2.18. The Bertz CT molecular complexity index is 1020. The Hall–Kier alpha value is -3.34. The van der Waals surface area contributed by atoms with Crippen molar-refractivity contribution in [3.8, 4) is 11.1 Å². The SMILES string of the molecule is CCCCC(NC(=O)c1ccc(N)cc1-c1cccc2ccccc12)C(=O)OC. The minimum absolute atomic E-state index is 0.320. The average molecular weight is 390 g/mol. The summed E-state index contributed by atoms with van der Waals surface area (Å²) in [5.74, 6) is -0.756. The molecule has 3 aromatic rings. The second-order valence-electron chi connectivity index (χ2n) is 7.02. The highest BCUT2D eigenvalue weighted by Crippen LogP contribution is 2.32. The van der Waals surface area contributed by atoms with Gasteiger partial charge in [-0.2, -0.15) is 0 Å². The number of carbonyl (C=O) groups is 2. The van der Waals surface area contributed by atoms with Gasteiger partial charge in [0.2, 0.25) is 0 Å². The van der Waals surface area contributed by atoms with Crippen LogP contribution in [0.3, 0.4) is 0 Å². The van der Waals surface area contributed by atoms with E-state index in [4.69, 9.17) is 10.5 Å². The van der Waals surface area contributed by atoms with E-state index in [9.17, 15) is 9.59 Å². The number of anilines is 1. The molecule has 0 saturated heterocycles. The van der Waals surface area contributed by atoms with Crippen LogP contribution in [0.5, 0.6) is 0 Å². The number of nitrogens with two attached hydrogens (primary N) is 1. The van der Waals surface area contributed by atoms with Gasteiger partial charge in [0, 0.05) is 11.3 Å². The molecular weight excluding hydrogens is 364 g/mol. The Morgan fingerprint density at radius 2 is 1.79 bits per heavy atom. The Balaban J connectivity index is 2.02. The van der Waals surface area contributed by atoms with Crippen LogP contribution in [0, 0.1) is 0 Å². The van der Waals surface area contributed by atoms with Crippen molar-refractivity contribution in [1.82, 2.24) is 5.32 Å². The van der Waals surface area contributed by atoms with Gasteiger partial charge in [-0.1, -0.05) is 62.2 Å². The fraction of sp³-hybridized carbons (Fsp3) is 0.250. The first-order valence-corrected chi connectivity index (χ1v) is 9.81. The first-order chi connectivity index (χ1) is 14.0. The summed E-state index contributed by atoms with van der Waals surface area (Å²) in [6.45, 7) is 2.04. The first-order valence-electron chi connectivity index (χ1n) is 9.81. The van der Waals surface area contributed by atoms with Gasteiger partial charge in [0.25, 0.3) is 5.91 Å². The number of hydrogen-bond acceptors (Lipinski definition) is 4. The van der Waals surface area contributed by atoms with Crippen LogP contribution < -0.4 is 11.1 Å². The monoisotopic (exact) mass is 390 g/mol. The fourth-order valence-corrected chi connectivity index (χ4v) is 3.48. The van der Waals surface area contributed by atoms with Crippen LogP contribution in [0.25, 0.3) is 21.9 Å². The van der Waals surface area contributed by atoms with Crippen LogP contribution in [-0.4, -0.2) is 25.0 Å². The maximum Gasteiger partial charge on any atom is 0.328 e. The van der Waals surface area contributed by atoms with E-state index in [1.54, 1.807) is 18.2 Å². The van der Waals surface area contributed by atoms with Crippen molar-refractivity contribution in [3.63, 3.8) is 0 Å². The van der Waals surface area contributed by atoms with Gasteiger partial charge in [-0.3, -0.25) is 4.79 Å². The van der Waals surface area contributed by atoms with Crippen LogP contribution >= 0.6 is 0 Å². The number of nitrogen functional groups attached to an aromatic ring is 1.